The van der Waals surface area contributed by atoms with E-state index in [0.717, 1.165) is 15.6 Å². The molecule has 1 aliphatic carbocycles. The second kappa shape index (κ2) is 9.13. The molecule has 0 radical (unpaired) electrons. The molecule has 0 spiro atoms. The number of carbonyl (C=O) groups excluding carboxylic acids is 1. The second-order valence-electron chi connectivity index (χ2n) is 7.23. The van der Waals surface area contributed by atoms with Crippen molar-refractivity contribution in [3.05, 3.63) is 64.6 Å². The highest BCUT2D eigenvalue weighted by Crippen LogP contribution is 2.36. The maximum atomic E-state index is 13.0. The lowest BCUT2D eigenvalue weighted by Crippen LogP contribution is -2.40. The predicted molar refractivity (Wildman–Crippen MR) is 117 cm³/mol. The Morgan fingerprint density at radius 1 is 1.17 bits per heavy atom. The van der Waals surface area contributed by atoms with Crippen molar-refractivity contribution in [3.63, 3.8) is 0 Å². The van der Waals surface area contributed by atoms with Crippen LogP contribution in [0.5, 0.6) is 0 Å². The summed E-state index contributed by atoms with van der Waals surface area (Å²) in [6.07, 6.45) is 2.40. The molecule has 150 valence electrons. The summed E-state index contributed by atoms with van der Waals surface area (Å²) in [6.45, 7) is 2.78. The molecule has 0 bridgehead atoms. The van der Waals surface area contributed by atoms with Crippen molar-refractivity contribution in [2.24, 2.45) is 5.92 Å². The van der Waals surface area contributed by atoms with E-state index in [1.54, 1.807) is 0 Å². The van der Waals surface area contributed by atoms with Gasteiger partial charge in [-0.05, 0) is 59.3 Å². The summed E-state index contributed by atoms with van der Waals surface area (Å²) >= 11 is 4.79. The van der Waals surface area contributed by atoms with Gasteiger partial charge >= 0.3 is 0 Å². The van der Waals surface area contributed by atoms with Gasteiger partial charge in [0.2, 0.25) is 11.8 Å². The fourth-order valence-electron chi connectivity index (χ4n) is 3.29. The number of benzene rings is 2. The van der Waals surface area contributed by atoms with E-state index in [1.807, 2.05) is 47.4 Å². The van der Waals surface area contributed by atoms with Crippen LogP contribution < -0.4 is 0 Å². The van der Waals surface area contributed by atoms with Crippen molar-refractivity contribution < 1.29 is 9.21 Å². The van der Waals surface area contributed by atoms with Gasteiger partial charge in [0.1, 0.15) is 0 Å². The topological polar surface area (TPSA) is 59.2 Å². The lowest BCUT2D eigenvalue weighted by molar-refractivity contribution is -0.131. The summed E-state index contributed by atoms with van der Waals surface area (Å²) in [6, 6.07) is 18.1. The van der Waals surface area contributed by atoms with Gasteiger partial charge in [0.25, 0.3) is 5.22 Å². The van der Waals surface area contributed by atoms with Crippen LogP contribution in [-0.2, 0) is 11.3 Å². The number of thioether (sulfide) groups is 1. The van der Waals surface area contributed by atoms with Gasteiger partial charge in [-0.3, -0.25) is 4.79 Å². The first-order valence-corrected chi connectivity index (χ1v) is 11.4. The summed E-state index contributed by atoms with van der Waals surface area (Å²) in [5, 5.41) is 8.62. The van der Waals surface area contributed by atoms with Gasteiger partial charge in [-0.1, -0.05) is 54.2 Å². The van der Waals surface area contributed by atoms with E-state index in [4.69, 9.17) is 4.42 Å². The molecular weight excluding hydrogens is 450 g/mol. The Hall–Kier alpha value is -2.12. The Bertz CT molecular complexity index is 975. The highest BCUT2D eigenvalue weighted by Gasteiger charge is 2.34. The molecule has 1 aromatic heterocycles. The molecule has 3 aromatic rings. The number of hydrogen-bond donors (Lipinski definition) is 0. The van der Waals surface area contributed by atoms with Gasteiger partial charge in [0.05, 0.1) is 11.3 Å². The summed E-state index contributed by atoms with van der Waals surface area (Å²) in [7, 11) is 0. The third kappa shape index (κ3) is 5.08. The SMILES string of the molecule is C[C@H](C1CC1)N(Cc1ccccc1)C(=O)CSc1nnc(-c2ccccc2Br)o1. The van der Waals surface area contributed by atoms with Gasteiger partial charge in [0.15, 0.2) is 0 Å². The molecule has 0 unspecified atom stereocenters. The number of carbonyl (C=O) groups is 1. The van der Waals surface area contributed by atoms with E-state index >= 15 is 0 Å². The van der Waals surface area contributed by atoms with Gasteiger partial charge in [-0.25, -0.2) is 0 Å². The van der Waals surface area contributed by atoms with E-state index in [0.29, 0.717) is 23.6 Å². The average Bonchev–Trinajstić information content (AvgIpc) is 3.49. The Labute approximate surface area is 183 Å². The largest absolute Gasteiger partial charge is 0.411 e. The third-order valence-electron chi connectivity index (χ3n) is 5.14. The van der Waals surface area contributed by atoms with E-state index in [9.17, 15) is 4.79 Å². The van der Waals surface area contributed by atoms with Crippen LogP contribution in [0.2, 0.25) is 0 Å². The predicted octanol–water partition coefficient (Wildman–Crippen LogP) is 5.42. The molecule has 0 aliphatic heterocycles. The molecule has 1 atom stereocenters. The molecule has 1 saturated carbocycles. The molecule has 1 amide bonds. The van der Waals surface area contributed by atoms with Crippen molar-refractivity contribution in [2.45, 2.75) is 37.6 Å². The minimum Gasteiger partial charge on any atom is -0.411 e. The van der Waals surface area contributed by atoms with Crippen LogP contribution in [0.15, 0.2) is 68.7 Å². The number of amides is 1. The molecule has 2 aromatic carbocycles. The Balaban J connectivity index is 1.42. The molecule has 5 nitrogen and oxygen atoms in total. The van der Waals surface area contributed by atoms with Crippen LogP contribution in [0, 0.1) is 5.92 Å². The lowest BCUT2D eigenvalue weighted by atomic mass is 10.1. The molecule has 1 heterocycles. The number of hydrogen-bond acceptors (Lipinski definition) is 5. The summed E-state index contributed by atoms with van der Waals surface area (Å²) in [5.41, 5.74) is 1.98. The van der Waals surface area contributed by atoms with Crippen LogP contribution in [0.3, 0.4) is 0 Å². The number of rotatable bonds is 8. The third-order valence-corrected chi connectivity index (χ3v) is 6.64. The Morgan fingerprint density at radius 2 is 1.90 bits per heavy atom. The minimum atomic E-state index is 0.0962. The molecule has 0 saturated heterocycles. The quantitative estimate of drug-likeness (QED) is 0.410. The van der Waals surface area contributed by atoms with Crippen LogP contribution in [0.1, 0.15) is 25.3 Å². The zero-order chi connectivity index (χ0) is 20.2. The number of aromatic nitrogens is 2. The summed E-state index contributed by atoms with van der Waals surface area (Å²) in [5.74, 6) is 1.43. The molecule has 4 rings (SSSR count). The molecule has 1 aliphatic rings. The number of nitrogens with zero attached hydrogens (tertiary/aromatic N) is 3. The average molecular weight is 472 g/mol. The molecule has 1 fully saturated rings. The highest BCUT2D eigenvalue weighted by molar-refractivity contribution is 9.10. The Kier molecular flexibility index (Phi) is 6.35. The zero-order valence-electron chi connectivity index (χ0n) is 16.1. The molecular formula is C22H22BrN3O2S. The van der Waals surface area contributed by atoms with Crippen LogP contribution in [0.4, 0.5) is 0 Å². The maximum Gasteiger partial charge on any atom is 0.277 e. The van der Waals surface area contributed by atoms with E-state index in [-0.39, 0.29) is 17.7 Å². The monoisotopic (exact) mass is 471 g/mol. The van der Waals surface area contributed by atoms with Gasteiger partial charge in [0, 0.05) is 17.1 Å². The van der Waals surface area contributed by atoms with E-state index in [2.05, 4.69) is 45.2 Å². The molecule has 7 heteroatoms. The summed E-state index contributed by atoms with van der Waals surface area (Å²) < 4.78 is 6.65. The van der Waals surface area contributed by atoms with E-state index in [1.165, 1.54) is 24.6 Å². The fourth-order valence-corrected chi connectivity index (χ4v) is 4.39. The summed E-state index contributed by atoms with van der Waals surface area (Å²) in [4.78, 5) is 15.0. The molecule has 0 N–H and O–H groups in total. The van der Waals surface area contributed by atoms with Crippen LogP contribution in [0.25, 0.3) is 11.5 Å². The van der Waals surface area contributed by atoms with Crippen molar-refractivity contribution in [2.75, 3.05) is 5.75 Å². The van der Waals surface area contributed by atoms with Crippen molar-refractivity contribution in [1.82, 2.24) is 15.1 Å². The van der Waals surface area contributed by atoms with Crippen LogP contribution in [-0.4, -0.2) is 32.8 Å². The first kappa shape index (κ1) is 20.2. The van der Waals surface area contributed by atoms with E-state index < -0.39 is 0 Å². The highest BCUT2D eigenvalue weighted by atomic mass is 79.9. The molecule has 29 heavy (non-hydrogen) atoms. The van der Waals surface area contributed by atoms with Gasteiger partial charge < -0.3 is 9.32 Å². The van der Waals surface area contributed by atoms with Crippen molar-refractivity contribution in [3.8, 4) is 11.5 Å². The fraction of sp³-hybridized carbons (Fsp3) is 0.318. The first-order chi connectivity index (χ1) is 14.1. The van der Waals surface area contributed by atoms with Gasteiger partial charge in [-0.15, -0.1) is 10.2 Å². The zero-order valence-corrected chi connectivity index (χ0v) is 18.5. The standard InChI is InChI=1S/C22H22BrN3O2S/c1-15(17-11-12-17)26(13-16-7-3-2-4-8-16)20(27)14-29-22-25-24-21(28-22)18-9-5-6-10-19(18)23/h2-10,15,17H,11-14H2,1H3/t15-/m1/s1. The van der Waals surface area contributed by atoms with Crippen LogP contribution >= 0.6 is 27.7 Å². The smallest absolute Gasteiger partial charge is 0.277 e. The lowest BCUT2D eigenvalue weighted by Gasteiger charge is -2.29. The first-order valence-electron chi connectivity index (χ1n) is 9.66. The number of halogens is 1. The minimum absolute atomic E-state index is 0.0962. The Morgan fingerprint density at radius 3 is 2.62 bits per heavy atom. The van der Waals surface area contributed by atoms with Crippen molar-refractivity contribution in [1.29, 1.82) is 0 Å². The van der Waals surface area contributed by atoms with Crippen molar-refractivity contribution >= 4 is 33.6 Å². The second-order valence-corrected chi connectivity index (χ2v) is 9.01. The maximum absolute atomic E-state index is 13.0. The van der Waals surface area contributed by atoms with Gasteiger partial charge in [-0.2, -0.15) is 0 Å². The normalized spacial score (nSPS) is 14.6.